The van der Waals surface area contributed by atoms with Crippen LogP contribution in [0.4, 0.5) is 5.69 Å². The number of aryl methyl sites for hydroxylation is 2. The van der Waals surface area contributed by atoms with Crippen LogP contribution < -0.4 is 5.32 Å². The van der Waals surface area contributed by atoms with E-state index in [0.29, 0.717) is 5.56 Å². The van der Waals surface area contributed by atoms with Crippen LogP contribution in [0.3, 0.4) is 0 Å². The highest BCUT2D eigenvalue weighted by Gasteiger charge is 2.13. The molecule has 0 radical (unpaired) electrons. The quantitative estimate of drug-likeness (QED) is 0.705. The molecule has 0 aliphatic carbocycles. The van der Waals surface area contributed by atoms with Gasteiger partial charge in [-0.05, 0) is 43.2 Å². The van der Waals surface area contributed by atoms with Gasteiger partial charge in [-0.2, -0.15) is 0 Å². The maximum absolute atomic E-state index is 12.7. The second kappa shape index (κ2) is 6.49. The van der Waals surface area contributed by atoms with E-state index in [9.17, 15) is 4.79 Å². The molecule has 0 spiro atoms. The molecule has 2 heteroatoms. The van der Waals surface area contributed by atoms with Gasteiger partial charge in [0.15, 0.2) is 0 Å². The van der Waals surface area contributed by atoms with Gasteiger partial charge in [-0.15, -0.1) is 0 Å². The third-order valence-electron chi connectivity index (χ3n) is 3.81. The number of amides is 1. The summed E-state index contributed by atoms with van der Waals surface area (Å²) in [6, 6.07) is 23.7. The van der Waals surface area contributed by atoms with Gasteiger partial charge in [-0.25, -0.2) is 0 Å². The van der Waals surface area contributed by atoms with E-state index in [1.165, 1.54) is 5.56 Å². The monoisotopic (exact) mass is 301 g/mol. The average molecular weight is 301 g/mol. The maximum atomic E-state index is 12.7. The zero-order valence-electron chi connectivity index (χ0n) is 13.3. The van der Waals surface area contributed by atoms with Crippen molar-refractivity contribution >= 4 is 11.6 Å². The number of hydrogen-bond acceptors (Lipinski definition) is 1. The molecule has 3 aromatic rings. The lowest BCUT2D eigenvalue weighted by Crippen LogP contribution is -2.13. The van der Waals surface area contributed by atoms with Crippen LogP contribution in [0.25, 0.3) is 11.1 Å². The predicted octanol–water partition coefficient (Wildman–Crippen LogP) is 5.22. The van der Waals surface area contributed by atoms with Gasteiger partial charge in [0.2, 0.25) is 0 Å². The second-order valence-corrected chi connectivity index (χ2v) is 5.74. The number of benzene rings is 3. The highest BCUT2D eigenvalue weighted by Crippen LogP contribution is 2.26. The molecule has 3 rings (SSSR count). The van der Waals surface area contributed by atoms with Crippen LogP contribution in [-0.2, 0) is 0 Å². The van der Waals surface area contributed by atoms with Gasteiger partial charge < -0.3 is 5.32 Å². The lowest BCUT2D eigenvalue weighted by Gasteiger charge is -2.12. The maximum Gasteiger partial charge on any atom is 0.256 e. The Balaban J connectivity index is 1.99. The number of rotatable bonds is 3. The summed E-state index contributed by atoms with van der Waals surface area (Å²) in [5.74, 6) is -0.0909. The number of nitrogens with one attached hydrogen (secondary N) is 1. The Bertz CT molecular complexity index is 820. The van der Waals surface area contributed by atoms with Gasteiger partial charge in [0.1, 0.15) is 0 Å². The van der Waals surface area contributed by atoms with Crippen molar-refractivity contribution in [3.8, 4) is 11.1 Å². The molecule has 0 atom stereocenters. The zero-order valence-corrected chi connectivity index (χ0v) is 13.3. The molecule has 0 aromatic heterocycles. The Morgan fingerprint density at radius 2 is 1.43 bits per heavy atom. The van der Waals surface area contributed by atoms with Gasteiger partial charge in [0, 0.05) is 11.3 Å². The summed E-state index contributed by atoms with van der Waals surface area (Å²) in [5, 5.41) is 2.96. The van der Waals surface area contributed by atoms with E-state index in [4.69, 9.17) is 0 Å². The van der Waals surface area contributed by atoms with E-state index >= 15 is 0 Å². The summed E-state index contributed by atoms with van der Waals surface area (Å²) >= 11 is 0. The van der Waals surface area contributed by atoms with E-state index in [2.05, 4.69) is 42.6 Å². The van der Waals surface area contributed by atoms with Crippen LogP contribution in [-0.4, -0.2) is 5.91 Å². The van der Waals surface area contributed by atoms with Crippen molar-refractivity contribution in [2.75, 3.05) is 5.32 Å². The van der Waals surface area contributed by atoms with E-state index in [0.717, 1.165) is 22.4 Å². The Morgan fingerprint density at radius 1 is 0.783 bits per heavy atom. The van der Waals surface area contributed by atoms with E-state index in [-0.39, 0.29) is 5.91 Å². The molecule has 0 aliphatic rings. The van der Waals surface area contributed by atoms with Gasteiger partial charge in [-0.3, -0.25) is 4.79 Å². The average Bonchev–Trinajstić information content (AvgIpc) is 2.56. The molecule has 0 unspecified atom stereocenters. The lowest BCUT2D eigenvalue weighted by atomic mass is 9.96. The first-order chi connectivity index (χ1) is 11.1. The number of carbonyl (C=O) groups is 1. The van der Waals surface area contributed by atoms with Crippen LogP contribution in [0.5, 0.6) is 0 Å². The first-order valence-corrected chi connectivity index (χ1v) is 7.67. The summed E-state index contributed by atoms with van der Waals surface area (Å²) < 4.78 is 0. The van der Waals surface area contributed by atoms with Crippen LogP contribution in [0, 0.1) is 13.8 Å². The standard InChI is InChI=1S/C21H19NO/c1-15-8-11-17(12-9-15)20-14-16(2)10-13-19(20)21(23)22-18-6-4-3-5-7-18/h3-14H,1-2H3,(H,22,23). The van der Waals surface area contributed by atoms with Crippen molar-refractivity contribution in [2.24, 2.45) is 0 Å². The van der Waals surface area contributed by atoms with Crippen molar-refractivity contribution in [1.29, 1.82) is 0 Å². The molecule has 1 N–H and O–H groups in total. The summed E-state index contributed by atoms with van der Waals surface area (Å²) in [7, 11) is 0. The van der Waals surface area contributed by atoms with Gasteiger partial charge in [0.05, 0.1) is 0 Å². The van der Waals surface area contributed by atoms with Crippen molar-refractivity contribution in [1.82, 2.24) is 0 Å². The van der Waals surface area contributed by atoms with Crippen molar-refractivity contribution in [2.45, 2.75) is 13.8 Å². The topological polar surface area (TPSA) is 29.1 Å². The minimum absolute atomic E-state index is 0.0909. The van der Waals surface area contributed by atoms with Crippen molar-refractivity contribution < 1.29 is 4.79 Å². The molecule has 0 heterocycles. The highest BCUT2D eigenvalue weighted by molar-refractivity contribution is 6.08. The first-order valence-electron chi connectivity index (χ1n) is 7.67. The Labute approximate surface area is 136 Å². The summed E-state index contributed by atoms with van der Waals surface area (Å²) in [5.41, 5.74) is 5.83. The number of anilines is 1. The molecule has 0 fully saturated rings. The first kappa shape index (κ1) is 15.0. The fourth-order valence-electron chi connectivity index (χ4n) is 2.55. The summed E-state index contributed by atoms with van der Waals surface area (Å²) in [6.07, 6.45) is 0. The molecule has 114 valence electrons. The third kappa shape index (κ3) is 3.49. The van der Waals surface area contributed by atoms with Crippen LogP contribution >= 0.6 is 0 Å². The summed E-state index contributed by atoms with van der Waals surface area (Å²) in [4.78, 5) is 12.7. The van der Waals surface area contributed by atoms with Gasteiger partial charge in [-0.1, -0.05) is 65.7 Å². The fraction of sp³-hybridized carbons (Fsp3) is 0.0952. The van der Waals surface area contributed by atoms with Crippen LogP contribution in [0.2, 0.25) is 0 Å². The molecule has 0 saturated heterocycles. The van der Waals surface area contributed by atoms with Crippen molar-refractivity contribution in [3.05, 3.63) is 89.5 Å². The molecule has 23 heavy (non-hydrogen) atoms. The molecule has 0 aliphatic heterocycles. The SMILES string of the molecule is Cc1ccc(-c2cc(C)ccc2C(=O)Nc2ccccc2)cc1. The predicted molar refractivity (Wildman–Crippen MR) is 95.7 cm³/mol. The molecule has 3 aromatic carbocycles. The normalized spacial score (nSPS) is 10.3. The Kier molecular flexibility index (Phi) is 4.24. The molecule has 0 bridgehead atoms. The lowest BCUT2D eigenvalue weighted by molar-refractivity contribution is 0.102. The third-order valence-corrected chi connectivity index (χ3v) is 3.81. The second-order valence-electron chi connectivity index (χ2n) is 5.74. The molecule has 0 saturated carbocycles. The number of hydrogen-bond donors (Lipinski definition) is 1. The Hall–Kier alpha value is -2.87. The summed E-state index contributed by atoms with van der Waals surface area (Å²) in [6.45, 7) is 4.10. The minimum Gasteiger partial charge on any atom is -0.322 e. The number of para-hydroxylation sites is 1. The Morgan fingerprint density at radius 3 is 2.13 bits per heavy atom. The van der Waals surface area contributed by atoms with E-state index in [1.54, 1.807) is 0 Å². The van der Waals surface area contributed by atoms with Gasteiger partial charge in [0.25, 0.3) is 5.91 Å². The molecular formula is C21H19NO. The van der Waals surface area contributed by atoms with Gasteiger partial charge >= 0.3 is 0 Å². The van der Waals surface area contributed by atoms with E-state index < -0.39 is 0 Å². The van der Waals surface area contributed by atoms with Crippen LogP contribution in [0.1, 0.15) is 21.5 Å². The zero-order chi connectivity index (χ0) is 16.2. The number of carbonyl (C=O) groups excluding carboxylic acids is 1. The van der Waals surface area contributed by atoms with E-state index in [1.807, 2.05) is 49.4 Å². The highest BCUT2D eigenvalue weighted by atomic mass is 16.1. The largest absolute Gasteiger partial charge is 0.322 e. The molecular weight excluding hydrogens is 282 g/mol. The minimum atomic E-state index is -0.0909. The fourth-order valence-corrected chi connectivity index (χ4v) is 2.55. The smallest absolute Gasteiger partial charge is 0.256 e. The van der Waals surface area contributed by atoms with Crippen LogP contribution in [0.15, 0.2) is 72.8 Å². The molecule has 1 amide bonds. The van der Waals surface area contributed by atoms with Crippen molar-refractivity contribution in [3.63, 3.8) is 0 Å². The molecule has 2 nitrogen and oxygen atoms in total.